The van der Waals surface area contributed by atoms with Gasteiger partial charge in [0, 0.05) is 12.6 Å². The molecule has 0 aliphatic rings. The van der Waals surface area contributed by atoms with E-state index in [1.807, 2.05) is 0 Å². The smallest absolute Gasteiger partial charge is 0.234 e. The van der Waals surface area contributed by atoms with Crippen molar-refractivity contribution in [3.05, 3.63) is 78.4 Å². The molecule has 0 atom stereocenters. The van der Waals surface area contributed by atoms with Crippen LogP contribution in [-0.4, -0.2) is 26.4 Å². The second-order valence-corrected chi connectivity index (χ2v) is 6.92. The Morgan fingerprint density at radius 1 is 1.17 bits per heavy atom. The Morgan fingerprint density at radius 2 is 1.97 bits per heavy atom. The minimum Gasteiger partial charge on any atom is -0.483 e. The van der Waals surface area contributed by atoms with E-state index in [-0.39, 0.29) is 23.8 Å². The van der Waals surface area contributed by atoms with E-state index in [0.717, 1.165) is 23.9 Å². The molecule has 30 heavy (non-hydrogen) atoms. The number of nitrogens with zero attached hydrogens (tertiary/aromatic N) is 3. The summed E-state index contributed by atoms with van der Waals surface area (Å²) in [5, 5.41) is 10.8. The average molecular weight is 434 g/mol. The number of anilines is 1. The van der Waals surface area contributed by atoms with Crippen molar-refractivity contribution < 1.29 is 22.7 Å². The Balaban J connectivity index is 1.63. The van der Waals surface area contributed by atoms with E-state index < -0.39 is 23.4 Å². The normalized spacial score (nSPS) is 10.6. The van der Waals surface area contributed by atoms with Gasteiger partial charge in [0.25, 0.3) is 0 Å². The van der Waals surface area contributed by atoms with Gasteiger partial charge in [-0.2, -0.15) is 0 Å². The fraction of sp³-hybridized carbons (Fsp3) is 0.150. The minimum atomic E-state index is -0.865. The molecule has 0 saturated carbocycles. The maximum atomic E-state index is 13.7. The van der Waals surface area contributed by atoms with Crippen molar-refractivity contribution in [2.24, 2.45) is 0 Å². The highest BCUT2D eigenvalue weighted by molar-refractivity contribution is 7.99. The molecule has 0 spiro atoms. The predicted molar refractivity (Wildman–Crippen MR) is 107 cm³/mol. The van der Waals surface area contributed by atoms with Gasteiger partial charge in [0.2, 0.25) is 5.91 Å². The van der Waals surface area contributed by atoms with E-state index in [1.165, 1.54) is 12.1 Å². The Labute approximate surface area is 174 Å². The zero-order chi connectivity index (χ0) is 21.5. The fourth-order valence-corrected chi connectivity index (χ4v) is 3.22. The molecule has 0 saturated heterocycles. The summed E-state index contributed by atoms with van der Waals surface area (Å²) in [5.74, 6) is -2.17. The summed E-state index contributed by atoms with van der Waals surface area (Å²) in [4.78, 5) is 12.1. The number of aromatic nitrogens is 3. The lowest BCUT2D eigenvalue weighted by Gasteiger charge is -2.10. The Kier molecular flexibility index (Phi) is 7.12. The molecule has 2 aromatic carbocycles. The maximum Gasteiger partial charge on any atom is 0.234 e. The number of para-hydroxylation sites is 1. The van der Waals surface area contributed by atoms with E-state index in [9.17, 15) is 18.0 Å². The summed E-state index contributed by atoms with van der Waals surface area (Å²) in [7, 11) is 0. The summed E-state index contributed by atoms with van der Waals surface area (Å²) in [5.41, 5.74) is -0.117. The summed E-state index contributed by atoms with van der Waals surface area (Å²) >= 11 is 1.07. The first-order chi connectivity index (χ1) is 14.5. The molecule has 1 N–H and O–H groups in total. The SMILES string of the molecule is C=CCn1c(COc2ccccc2F)nnc1SCC(=O)Nc1ccc(F)cc1F. The lowest BCUT2D eigenvalue weighted by Crippen LogP contribution is -2.16. The van der Waals surface area contributed by atoms with E-state index >= 15 is 0 Å². The highest BCUT2D eigenvalue weighted by Crippen LogP contribution is 2.21. The molecular formula is C20H17F3N4O2S. The van der Waals surface area contributed by atoms with Crippen molar-refractivity contribution in [3.63, 3.8) is 0 Å². The minimum absolute atomic E-state index is 0.0324. The quantitative estimate of drug-likeness (QED) is 0.404. The van der Waals surface area contributed by atoms with Gasteiger partial charge in [-0.3, -0.25) is 9.36 Å². The molecule has 156 valence electrons. The number of ether oxygens (including phenoxy) is 1. The molecule has 0 fully saturated rings. The molecule has 1 amide bonds. The number of carbonyl (C=O) groups excluding carboxylic acids is 1. The van der Waals surface area contributed by atoms with Crippen LogP contribution < -0.4 is 10.1 Å². The van der Waals surface area contributed by atoms with Crippen LogP contribution in [0.4, 0.5) is 18.9 Å². The van der Waals surface area contributed by atoms with Crippen molar-refractivity contribution in [1.82, 2.24) is 14.8 Å². The molecule has 0 radical (unpaired) electrons. The molecule has 0 aliphatic carbocycles. The van der Waals surface area contributed by atoms with E-state index in [0.29, 0.717) is 23.6 Å². The van der Waals surface area contributed by atoms with E-state index in [4.69, 9.17) is 4.74 Å². The number of hydrogen-bond donors (Lipinski definition) is 1. The molecule has 6 nitrogen and oxygen atoms in total. The lowest BCUT2D eigenvalue weighted by molar-refractivity contribution is -0.113. The van der Waals surface area contributed by atoms with Crippen molar-refractivity contribution in [1.29, 1.82) is 0 Å². The van der Waals surface area contributed by atoms with Gasteiger partial charge in [0.05, 0.1) is 11.4 Å². The number of benzene rings is 2. The fourth-order valence-electron chi connectivity index (χ4n) is 2.46. The molecule has 1 heterocycles. The molecule has 0 aliphatic heterocycles. The number of hydrogen-bond acceptors (Lipinski definition) is 5. The number of thioether (sulfide) groups is 1. The van der Waals surface area contributed by atoms with Crippen molar-refractivity contribution in [2.75, 3.05) is 11.1 Å². The van der Waals surface area contributed by atoms with Gasteiger partial charge in [-0.1, -0.05) is 30.0 Å². The molecular weight excluding hydrogens is 417 g/mol. The summed E-state index contributed by atoms with van der Waals surface area (Å²) in [6.45, 7) is 3.99. The summed E-state index contributed by atoms with van der Waals surface area (Å²) in [6, 6.07) is 8.87. The summed E-state index contributed by atoms with van der Waals surface area (Å²) < 4.78 is 47.4. The third-order valence-electron chi connectivity index (χ3n) is 3.84. The van der Waals surface area contributed by atoms with Crippen LogP contribution in [0.25, 0.3) is 0 Å². The topological polar surface area (TPSA) is 69.0 Å². The van der Waals surface area contributed by atoms with Gasteiger partial charge in [-0.05, 0) is 24.3 Å². The molecule has 3 aromatic rings. The van der Waals surface area contributed by atoms with E-state index in [1.54, 1.807) is 22.8 Å². The number of halogens is 3. The first kappa shape index (κ1) is 21.4. The van der Waals surface area contributed by atoms with Crippen molar-refractivity contribution in [2.45, 2.75) is 18.3 Å². The van der Waals surface area contributed by atoms with Crippen molar-refractivity contribution in [3.8, 4) is 5.75 Å². The van der Waals surface area contributed by atoms with E-state index in [2.05, 4.69) is 22.1 Å². The van der Waals surface area contributed by atoms with Crippen LogP contribution in [0, 0.1) is 17.5 Å². The van der Waals surface area contributed by atoms with Crippen LogP contribution >= 0.6 is 11.8 Å². The van der Waals surface area contributed by atoms with Gasteiger partial charge in [0.1, 0.15) is 18.2 Å². The van der Waals surface area contributed by atoms with Crippen LogP contribution in [0.2, 0.25) is 0 Å². The van der Waals surface area contributed by atoms with Crippen LogP contribution in [0.3, 0.4) is 0 Å². The van der Waals surface area contributed by atoms with Crippen molar-refractivity contribution >= 4 is 23.4 Å². The highest BCUT2D eigenvalue weighted by atomic mass is 32.2. The largest absolute Gasteiger partial charge is 0.483 e. The van der Waals surface area contributed by atoms with Gasteiger partial charge in [0.15, 0.2) is 22.5 Å². The van der Waals surface area contributed by atoms with Crippen LogP contribution in [0.15, 0.2) is 60.3 Å². The lowest BCUT2D eigenvalue weighted by atomic mass is 10.3. The van der Waals surface area contributed by atoms with Gasteiger partial charge in [-0.15, -0.1) is 16.8 Å². The third kappa shape index (κ3) is 5.41. The Bertz CT molecular complexity index is 1060. The second-order valence-electron chi connectivity index (χ2n) is 5.98. The number of carbonyl (C=O) groups is 1. The number of allylic oxidation sites excluding steroid dienone is 1. The number of nitrogens with one attached hydrogen (secondary N) is 1. The standard InChI is InChI=1S/C20H17F3N4O2S/c1-2-9-27-18(11-29-17-6-4-3-5-14(17)22)25-26-20(27)30-12-19(28)24-16-8-7-13(21)10-15(16)23/h2-8,10H,1,9,11-12H2,(H,24,28). The predicted octanol–water partition coefficient (Wildman–Crippen LogP) is 4.19. The monoisotopic (exact) mass is 434 g/mol. The third-order valence-corrected chi connectivity index (χ3v) is 4.80. The molecule has 0 unspecified atom stereocenters. The Hall–Kier alpha value is -3.27. The van der Waals surface area contributed by atoms with Gasteiger partial charge < -0.3 is 10.1 Å². The van der Waals surface area contributed by atoms with Gasteiger partial charge >= 0.3 is 0 Å². The van der Waals surface area contributed by atoms with Crippen LogP contribution in [0.5, 0.6) is 5.75 Å². The zero-order valence-corrected chi connectivity index (χ0v) is 16.5. The molecule has 1 aromatic heterocycles. The second kappa shape index (κ2) is 9.97. The zero-order valence-electron chi connectivity index (χ0n) is 15.6. The first-order valence-corrected chi connectivity index (χ1v) is 9.74. The first-order valence-electron chi connectivity index (χ1n) is 8.76. The molecule has 0 bridgehead atoms. The van der Waals surface area contributed by atoms with Gasteiger partial charge in [-0.25, -0.2) is 13.2 Å². The average Bonchev–Trinajstić information content (AvgIpc) is 3.10. The molecule has 10 heteroatoms. The number of rotatable bonds is 9. The highest BCUT2D eigenvalue weighted by Gasteiger charge is 2.15. The Morgan fingerprint density at radius 3 is 2.70 bits per heavy atom. The number of amides is 1. The summed E-state index contributed by atoms with van der Waals surface area (Å²) in [6.07, 6.45) is 1.62. The van der Waals surface area contributed by atoms with Crippen LogP contribution in [-0.2, 0) is 17.9 Å². The maximum absolute atomic E-state index is 13.7. The van der Waals surface area contributed by atoms with Crippen LogP contribution in [0.1, 0.15) is 5.82 Å². The molecule has 3 rings (SSSR count).